The molecule has 0 aliphatic heterocycles. The molecule has 0 aliphatic rings. The van der Waals surface area contributed by atoms with Crippen LogP contribution in [0.4, 0.5) is 0 Å². The zero-order chi connectivity index (χ0) is 46.8. The summed E-state index contributed by atoms with van der Waals surface area (Å²) in [6.45, 7) is 43.3. The molecule has 66 heavy (non-hydrogen) atoms. The summed E-state index contributed by atoms with van der Waals surface area (Å²) in [4.78, 5) is 0. The van der Waals surface area contributed by atoms with Crippen molar-refractivity contribution in [3.63, 3.8) is 0 Å². The van der Waals surface area contributed by atoms with E-state index in [2.05, 4.69) is 202 Å². The van der Waals surface area contributed by atoms with Gasteiger partial charge in [-0.15, -0.1) is 0 Å². The fraction of sp³-hybridized carbons (Fsp3) is 0.369. The van der Waals surface area contributed by atoms with E-state index in [9.17, 15) is 0 Å². The number of fused-ring (bicyclic) bond motifs is 6. The molecule has 0 unspecified atom stereocenters. The Bertz CT molecular complexity index is 3310. The van der Waals surface area contributed by atoms with Crippen LogP contribution in [0.3, 0.4) is 0 Å². The standard InChI is InChI=1S/C65H66N/c1-60(2,3)31-19-37-39-21-32(61(4,5)6)23-41-43-25-34(63(10,11)12)27-45-47-29-36(65(16,17)18)30-48-46-28-35(64(13,14)15)26-44-42-24-33(62(7,8)9)22-40-38(20-31)49(37)54-55(50(39)41)58(52(43)45)66(57(47)48)59(53(44)46)56(54)51(40)42/h19-30H,1-18H3/q+1. The Morgan fingerprint density at radius 3 is 0.606 bits per heavy atom. The molecule has 1 heteroatoms. The monoisotopic (exact) mass is 861 g/mol. The van der Waals surface area contributed by atoms with E-state index in [0.29, 0.717) is 0 Å². The maximum atomic E-state index is 2.84. The summed E-state index contributed by atoms with van der Waals surface area (Å²) in [5.41, 5.74) is 12.2. The lowest BCUT2D eigenvalue weighted by Gasteiger charge is -2.30. The highest BCUT2D eigenvalue weighted by molar-refractivity contribution is 6.53. The molecule has 13 rings (SSSR count). The van der Waals surface area contributed by atoms with E-state index in [0.717, 1.165) is 0 Å². The summed E-state index contributed by atoms with van der Waals surface area (Å²) in [6.07, 6.45) is 0. The van der Waals surface area contributed by atoms with Gasteiger partial charge in [0.25, 0.3) is 0 Å². The minimum atomic E-state index is -0.0553. The predicted molar refractivity (Wildman–Crippen MR) is 291 cm³/mol. The Hall–Kier alpha value is -5.53. The Morgan fingerprint density at radius 2 is 0.379 bits per heavy atom. The first-order valence-electron chi connectivity index (χ1n) is 24.8. The van der Waals surface area contributed by atoms with Gasteiger partial charge in [-0.25, -0.2) is 0 Å². The van der Waals surface area contributed by atoms with E-state index in [1.165, 1.54) is 158 Å². The molecule has 13 aromatic rings. The number of benzene rings is 10. The van der Waals surface area contributed by atoms with Crippen LogP contribution in [0.1, 0.15) is 158 Å². The van der Waals surface area contributed by atoms with E-state index < -0.39 is 0 Å². The molecule has 1 nitrogen and oxygen atoms in total. The van der Waals surface area contributed by atoms with Crippen molar-refractivity contribution in [2.75, 3.05) is 0 Å². The second kappa shape index (κ2) is 11.6. The van der Waals surface area contributed by atoms with Crippen LogP contribution in [0.5, 0.6) is 0 Å². The average molecular weight is 861 g/mol. The van der Waals surface area contributed by atoms with E-state index >= 15 is 0 Å². The van der Waals surface area contributed by atoms with Crippen LogP contribution in [-0.2, 0) is 32.5 Å². The van der Waals surface area contributed by atoms with Crippen LogP contribution in [0.15, 0.2) is 72.8 Å². The molecule has 0 spiro atoms. The molecule has 330 valence electrons. The first-order valence-corrected chi connectivity index (χ1v) is 24.8. The van der Waals surface area contributed by atoms with E-state index in [-0.39, 0.29) is 32.5 Å². The van der Waals surface area contributed by atoms with Crippen molar-refractivity contribution < 1.29 is 4.40 Å². The molecule has 0 saturated heterocycles. The highest BCUT2D eigenvalue weighted by atomic mass is 14.9. The van der Waals surface area contributed by atoms with Crippen molar-refractivity contribution in [2.45, 2.75) is 157 Å². The van der Waals surface area contributed by atoms with E-state index in [1.807, 2.05) is 0 Å². The third-order valence-electron chi connectivity index (χ3n) is 16.6. The molecule has 0 radical (unpaired) electrons. The minimum absolute atomic E-state index is 0.0502. The lowest BCUT2D eigenvalue weighted by Crippen LogP contribution is -2.29. The lowest BCUT2D eigenvalue weighted by atomic mass is 9.73. The largest absolute Gasteiger partial charge is 0.228 e. The van der Waals surface area contributed by atoms with Crippen molar-refractivity contribution in [1.29, 1.82) is 0 Å². The van der Waals surface area contributed by atoms with Gasteiger partial charge in [0.2, 0.25) is 16.6 Å². The van der Waals surface area contributed by atoms with Crippen LogP contribution < -0.4 is 4.40 Å². The number of pyridine rings is 3. The number of hydrogen-bond donors (Lipinski definition) is 0. The zero-order valence-corrected chi connectivity index (χ0v) is 42.9. The number of rotatable bonds is 0. The van der Waals surface area contributed by atoms with Crippen molar-refractivity contribution in [1.82, 2.24) is 0 Å². The molecular weight excluding hydrogens is 795 g/mol. The maximum absolute atomic E-state index is 2.84. The van der Waals surface area contributed by atoms with Gasteiger partial charge in [0.1, 0.15) is 0 Å². The highest BCUT2D eigenvalue weighted by Gasteiger charge is 2.39. The summed E-state index contributed by atoms with van der Waals surface area (Å²) in [6, 6.07) is 31.3. The smallest absolute Gasteiger partial charge is 0.150 e. The fourth-order valence-electron chi connectivity index (χ4n) is 12.7. The van der Waals surface area contributed by atoms with E-state index in [1.54, 1.807) is 0 Å². The summed E-state index contributed by atoms with van der Waals surface area (Å²) in [7, 11) is 0. The molecular formula is C65H66N+. The molecule has 0 saturated carbocycles. The molecule has 3 heterocycles. The molecule has 0 aliphatic carbocycles. The Morgan fingerprint density at radius 1 is 0.197 bits per heavy atom. The predicted octanol–water partition coefficient (Wildman–Crippen LogP) is 18.5. The summed E-state index contributed by atoms with van der Waals surface area (Å²) >= 11 is 0. The third kappa shape index (κ3) is 4.90. The maximum Gasteiger partial charge on any atom is 0.228 e. The van der Waals surface area contributed by atoms with E-state index in [4.69, 9.17) is 0 Å². The summed E-state index contributed by atoms with van der Waals surface area (Å²) < 4.78 is 2.84. The van der Waals surface area contributed by atoms with Crippen molar-refractivity contribution in [3.05, 3.63) is 106 Å². The summed E-state index contributed by atoms with van der Waals surface area (Å²) in [5.74, 6) is 0. The second-order valence-corrected chi connectivity index (χ2v) is 27.3. The van der Waals surface area contributed by atoms with Gasteiger partial charge < -0.3 is 0 Å². The van der Waals surface area contributed by atoms with Gasteiger partial charge in [-0.3, -0.25) is 0 Å². The van der Waals surface area contributed by atoms with Crippen LogP contribution in [0, 0.1) is 0 Å². The number of aromatic nitrogens is 1. The van der Waals surface area contributed by atoms with Gasteiger partial charge in [0.15, 0.2) is 0 Å². The topological polar surface area (TPSA) is 4.10 Å². The van der Waals surface area contributed by atoms with Crippen LogP contribution in [0.25, 0.3) is 124 Å². The first-order chi connectivity index (χ1) is 30.5. The molecule has 0 N–H and O–H groups in total. The first kappa shape index (κ1) is 40.7. The van der Waals surface area contributed by atoms with Gasteiger partial charge in [0.05, 0.1) is 32.3 Å². The Kier molecular flexibility index (Phi) is 7.15. The fourth-order valence-corrected chi connectivity index (χ4v) is 12.7. The van der Waals surface area contributed by atoms with Gasteiger partial charge >= 0.3 is 0 Å². The van der Waals surface area contributed by atoms with Crippen molar-refractivity contribution in [2.24, 2.45) is 0 Å². The molecule has 10 aromatic carbocycles. The molecule has 0 amide bonds. The van der Waals surface area contributed by atoms with Gasteiger partial charge in [-0.1, -0.05) is 125 Å². The molecule has 0 bridgehead atoms. The Labute approximate surface area is 390 Å². The third-order valence-corrected chi connectivity index (χ3v) is 16.6. The van der Waals surface area contributed by atoms with Crippen molar-refractivity contribution in [3.8, 4) is 0 Å². The molecule has 3 aromatic heterocycles. The van der Waals surface area contributed by atoms with Gasteiger partial charge in [-0.05, 0) is 187 Å². The normalized spacial score (nSPS) is 14.8. The van der Waals surface area contributed by atoms with Gasteiger partial charge in [-0.2, -0.15) is 4.40 Å². The Balaban J connectivity index is 1.51. The average Bonchev–Trinajstić information content (AvgIpc) is 3.21. The van der Waals surface area contributed by atoms with Gasteiger partial charge in [0, 0.05) is 26.9 Å². The van der Waals surface area contributed by atoms with Crippen LogP contribution in [0.2, 0.25) is 0 Å². The highest BCUT2D eigenvalue weighted by Crippen LogP contribution is 2.58. The quantitative estimate of drug-likeness (QED) is 0.0813. The minimum Gasteiger partial charge on any atom is -0.150 e. The number of nitrogens with zero attached hydrogens (tertiary/aromatic N) is 1. The SMILES string of the molecule is CC(C)(C)c1cc2c3cc(C(C)(C)C)cc4c5cc(C(C)(C)C)cc6c7cc(C(C)(C)C)cc8c9cc(C(C)(C)C)cc%10c%11cc(C(C)(C)C)cc%12c(c1)c2c1c(c34)c(c56)[n+](c78)c(c%109)c1c%12%11. The van der Waals surface area contributed by atoms with Crippen LogP contribution >= 0.6 is 0 Å². The number of hydrogen-bond acceptors (Lipinski definition) is 0. The zero-order valence-electron chi connectivity index (χ0n) is 42.9. The molecule has 0 atom stereocenters. The van der Waals surface area contributed by atoms with Crippen molar-refractivity contribution >= 4 is 124 Å². The molecule has 0 fully saturated rings. The van der Waals surface area contributed by atoms with Crippen LogP contribution in [-0.4, -0.2) is 0 Å². The second-order valence-electron chi connectivity index (χ2n) is 27.3. The lowest BCUT2D eigenvalue weighted by molar-refractivity contribution is -0.446. The summed E-state index contributed by atoms with van der Waals surface area (Å²) in [5, 5.41) is 28.2.